The van der Waals surface area contributed by atoms with Crippen molar-refractivity contribution in [3.63, 3.8) is 0 Å². The molecule has 5 nitrogen and oxygen atoms in total. The summed E-state index contributed by atoms with van der Waals surface area (Å²) in [5, 5.41) is 13.8. The zero-order chi connectivity index (χ0) is 14.1. The lowest BCUT2D eigenvalue weighted by molar-refractivity contribution is 0.0690. The maximum Gasteiger partial charge on any atom is 0.354 e. The van der Waals surface area contributed by atoms with Gasteiger partial charge in [0.15, 0.2) is 11.3 Å². The van der Waals surface area contributed by atoms with Gasteiger partial charge >= 0.3 is 5.97 Å². The highest BCUT2D eigenvalue weighted by molar-refractivity contribution is 5.86. The van der Waals surface area contributed by atoms with Gasteiger partial charge in [0.05, 0.1) is 5.69 Å². The van der Waals surface area contributed by atoms with Gasteiger partial charge in [-0.25, -0.2) is 14.3 Å². The van der Waals surface area contributed by atoms with Crippen molar-refractivity contribution in [3.8, 4) is 0 Å². The topological polar surface area (TPSA) is 67.5 Å². The number of aryl methyl sites for hydroxylation is 1. The van der Waals surface area contributed by atoms with E-state index < -0.39 is 5.97 Å². The molecule has 1 fully saturated rings. The Labute approximate surface area is 117 Å². The first-order valence-electron chi connectivity index (χ1n) is 7.32. The van der Waals surface area contributed by atoms with Crippen molar-refractivity contribution in [1.82, 2.24) is 14.6 Å². The van der Waals surface area contributed by atoms with Crippen molar-refractivity contribution < 1.29 is 9.90 Å². The lowest BCUT2D eigenvalue weighted by Crippen LogP contribution is -2.08. The summed E-state index contributed by atoms with van der Waals surface area (Å²) in [6.45, 7) is 2.00. The molecule has 5 heteroatoms. The molecule has 0 unspecified atom stereocenters. The second-order valence-electron chi connectivity index (χ2n) is 5.47. The predicted molar refractivity (Wildman–Crippen MR) is 75.2 cm³/mol. The largest absolute Gasteiger partial charge is 0.477 e. The van der Waals surface area contributed by atoms with E-state index in [2.05, 4.69) is 10.1 Å². The molecule has 0 radical (unpaired) electrons. The molecule has 2 aromatic heterocycles. The highest BCUT2D eigenvalue weighted by Gasteiger charge is 2.20. The highest BCUT2D eigenvalue weighted by Crippen LogP contribution is 2.32. The second-order valence-corrected chi connectivity index (χ2v) is 5.47. The Bertz CT molecular complexity index is 642. The first-order valence-corrected chi connectivity index (χ1v) is 7.32. The Morgan fingerprint density at radius 1 is 1.35 bits per heavy atom. The van der Waals surface area contributed by atoms with Gasteiger partial charge in [0.2, 0.25) is 0 Å². The monoisotopic (exact) mass is 273 g/mol. The second kappa shape index (κ2) is 5.23. The van der Waals surface area contributed by atoms with Crippen LogP contribution in [-0.4, -0.2) is 25.7 Å². The zero-order valence-corrected chi connectivity index (χ0v) is 11.7. The van der Waals surface area contributed by atoms with Crippen LogP contribution in [0.25, 0.3) is 5.65 Å². The molecule has 0 aromatic carbocycles. The number of aromatic carboxylic acids is 1. The summed E-state index contributed by atoms with van der Waals surface area (Å²) in [6.07, 6.45) is 6.92. The molecule has 0 saturated heterocycles. The normalized spacial score (nSPS) is 16.6. The third-order valence-electron chi connectivity index (χ3n) is 4.12. The molecule has 0 bridgehead atoms. The molecule has 1 aliphatic carbocycles. The Balaban J connectivity index is 2.06. The fourth-order valence-corrected chi connectivity index (χ4v) is 3.01. The van der Waals surface area contributed by atoms with Crippen LogP contribution in [0.5, 0.6) is 0 Å². The van der Waals surface area contributed by atoms with Crippen LogP contribution in [-0.2, 0) is 6.42 Å². The lowest BCUT2D eigenvalue weighted by atomic mass is 9.87. The number of nitrogens with zero attached hydrogens (tertiary/aromatic N) is 3. The summed E-state index contributed by atoms with van der Waals surface area (Å²) in [7, 11) is 0. The zero-order valence-electron chi connectivity index (χ0n) is 11.7. The van der Waals surface area contributed by atoms with E-state index in [-0.39, 0.29) is 5.69 Å². The minimum atomic E-state index is -0.984. The third kappa shape index (κ3) is 2.28. The van der Waals surface area contributed by atoms with Gasteiger partial charge < -0.3 is 5.11 Å². The van der Waals surface area contributed by atoms with E-state index in [1.807, 2.05) is 13.0 Å². The molecule has 1 saturated carbocycles. The van der Waals surface area contributed by atoms with Crippen molar-refractivity contribution in [1.29, 1.82) is 0 Å². The molecule has 106 valence electrons. The molecule has 0 atom stereocenters. The van der Waals surface area contributed by atoms with Crippen molar-refractivity contribution in [3.05, 3.63) is 29.2 Å². The minimum absolute atomic E-state index is 0.101. The molecule has 1 aliphatic rings. The molecular weight excluding hydrogens is 254 g/mol. The first kappa shape index (κ1) is 13.1. The van der Waals surface area contributed by atoms with E-state index in [1.165, 1.54) is 32.1 Å². The van der Waals surface area contributed by atoms with Crippen LogP contribution < -0.4 is 0 Å². The maximum absolute atomic E-state index is 11.1. The predicted octanol–water partition coefficient (Wildman–Crippen LogP) is 3.04. The van der Waals surface area contributed by atoms with Crippen LogP contribution in [0.15, 0.2) is 12.1 Å². The first-order chi connectivity index (χ1) is 9.69. The van der Waals surface area contributed by atoms with E-state index in [4.69, 9.17) is 5.11 Å². The standard InChI is InChI=1S/C15H19N3O2/c1-2-11-8-13(15(19)20)16-14-9-12(17-18(11)14)10-6-4-3-5-7-10/h8-10H,2-7H2,1H3,(H,19,20). The molecule has 2 heterocycles. The third-order valence-corrected chi connectivity index (χ3v) is 4.12. The van der Waals surface area contributed by atoms with E-state index in [9.17, 15) is 4.79 Å². The summed E-state index contributed by atoms with van der Waals surface area (Å²) in [4.78, 5) is 15.3. The quantitative estimate of drug-likeness (QED) is 0.933. The van der Waals surface area contributed by atoms with Gasteiger partial charge in [-0.1, -0.05) is 26.2 Å². The van der Waals surface area contributed by atoms with Gasteiger partial charge in [0.25, 0.3) is 0 Å². The van der Waals surface area contributed by atoms with Gasteiger partial charge in [0.1, 0.15) is 0 Å². The SMILES string of the molecule is CCc1cc(C(=O)O)nc2cc(C3CCCCC3)nn12. The number of aromatic nitrogens is 3. The smallest absolute Gasteiger partial charge is 0.354 e. The highest BCUT2D eigenvalue weighted by atomic mass is 16.4. The van der Waals surface area contributed by atoms with Crippen LogP contribution in [0, 0.1) is 0 Å². The number of carboxylic acids is 1. The van der Waals surface area contributed by atoms with Gasteiger partial charge in [-0.15, -0.1) is 0 Å². The van der Waals surface area contributed by atoms with Crippen LogP contribution in [0.3, 0.4) is 0 Å². The number of hydrogen-bond donors (Lipinski definition) is 1. The van der Waals surface area contributed by atoms with Crippen LogP contribution in [0.4, 0.5) is 0 Å². The van der Waals surface area contributed by atoms with Gasteiger partial charge in [-0.3, -0.25) is 0 Å². The molecule has 0 aliphatic heterocycles. The minimum Gasteiger partial charge on any atom is -0.477 e. The Hall–Kier alpha value is -1.91. The summed E-state index contributed by atoms with van der Waals surface area (Å²) in [5.74, 6) is -0.481. The molecule has 0 amide bonds. The molecule has 3 rings (SSSR count). The summed E-state index contributed by atoms with van der Waals surface area (Å²) in [5.41, 5.74) is 2.72. The van der Waals surface area contributed by atoms with Crippen molar-refractivity contribution in [2.45, 2.75) is 51.4 Å². The molecular formula is C15H19N3O2. The van der Waals surface area contributed by atoms with Crippen molar-refractivity contribution in [2.75, 3.05) is 0 Å². The van der Waals surface area contributed by atoms with Crippen molar-refractivity contribution in [2.24, 2.45) is 0 Å². The Morgan fingerprint density at radius 3 is 2.75 bits per heavy atom. The molecule has 20 heavy (non-hydrogen) atoms. The van der Waals surface area contributed by atoms with E-state index >= 15 is 0 Å². The van der Waals surface area contributed by atoms with Gasteiger partial charge in [-0.05, 0) is 25.3 Å². The lowest BCUT2D eigenvalue weighted by Gasteiger charge is -2.19. The summed E-state index contributed by atoms with van der Waals surface area (Å²) < 4.78 is 1.80. The van der Waals surface area contributed by atoms with Crippen molar-refractivity contribution >= 4 is 11.6 Å². The molecule has 2 aromatic rings. The Kier molecular flexibility index (Phi) is 3.42. The molecule has 1 N–H and O–H groups in total. The number of fused-ring (bicyclic) bond motifs is 1. The van der Waals surface area contributed by atoms with E-state index in [0.29, 0.717) is 11.6 Å². The summed E-state index contributed by atoms with van der Waals surface area (Å²) >= 11 is 0. The number of hydrogen-bond acceptors (Lipinski definition) is 3. The Morgan fingerprint density at radius 2 is 2.10 bits per heavy atom. The summed E-state index contributed by atoms with van der Waals surface area (Å²) in [6, 6.07) is 3.58. The fourth-order valence-electron chi connectivity index (χ4n) is 3.01. The van der Waals surface area contributed by atoms with Gasteiger partial charge in [0, 0.05) is 17.7 Å². The van der Waals surface area contributed by atoms with Crippen LogP contribution >= 0.6 is 0 Å². The number of carbonyl (C=O) groups is 1. The maximum atomic E-state index is 11.1. The molecule has 0 spiro atoms. The van der Waals surface area contributed by atoms with Crippen LogP contribution in [0.1, 0.15) is 66.8 Å². The number of carboxylic acid groups (broad SMARTS) is 1. The van der Waals surface area contributed by atoms with E-state index in [1.54, 1.807) is 10.6 Å². The average Bonchev–Trinajstić information content (AvgIpc) is 2.91. The van der Waals surface area contributed by atoms with E-state index in [0.717, 1.165) is 17.8 Å². The average molecular weight is 273 g/mol. The van der Waals surface area contributed by atoms with Crippen LogP contribution in [0.2, 0.25) is 0 Å². The fraction of sp³-hybridized carbons (Fsp3) is 0.533. The number of rotatable bonds is 3. The van der Waals surface area contributed by atoms with Gasteiger partial charge in [-0.2, -0.15) is 5.10 Å².